The lowest BCUT2D eigenvalue weighted by atomic mass is 10.1. The number of hydrogen-bond acceptors (Lipinski definition) is 8. The first-order chi connectivity index (χ1) is 15.7. The Balaban J connectivity index is 1.15. The summed E-state index contributed by atoms with van der Waals surface area (Å²) in [6.45, 7) is 4.33. The smallest absolute Gasteiger partial charge is 0.409 e. The van der Waals surface area contributed by atoms with Gasteiger partial charge in [-0.3, -0.25) is 10.4 Å². The summed E-state index contributed by atoms with van der Waals surface area (Å²) in [4.78, 5) is 23.2. The van der Waals surface area contributed by atoms with Gasteiger partial charge in [-0.25, -0.2) is 19.8 Å². The van der Waals surface area contributed by atoms with Crippen molar-refractivity contribution in [3.63, 3.8) is 0 Å². The number of nitrogens with one attached hydrogen (secondary N) is 2. The van der Waals surface area contributed by atoms with Gasteiger partial charge in [-0.05, 0) is 35.9 Å². The molecule has 3 aromatic rings. The third-order valence-electron chi connectivity index (χ3n) is 5.61. The summed E-state index contributed by atoms with van der Waals surface area (Å²) in [5.41, 5.74) is 9.37. The highest BCUT2D eigenvalue weighted by Crippen LogP contribution is 2.31. The van der Waals surface area contributed by atoms with Crippen LogP contribution in [0, 0.1) is 0 Å². The molecule has 9 heteroatoms. The summed E-state index contributed by atoms with van der Waals surface area (Å²) >= 11 is 0. The zero-order chi connectivity index (χ0) is 21.8. The molecule has 164 valence electrons. The molecule has 1 saturated heterocycles. The molecule has 2 aromatic heterocycles. The predicted molar refractivity (Wildman–Crippen MR) is 121 cm³/mol. The lowest BCUT2D eigenvalue weighted by Crippen LogP contribution is -2.54. The first kappa shape index (κ1) is 20.2. The number of hydrogen-bond donors (Lipinski definition) is 2. The van der Waals surface area contributed by atoms with Crippen LogP contribution in [-0.2, 0) is 13.1 Å². The standard InChI is InChI=1S/C23H25N7O2/c31-23(27-29-14-12-28(13-15-29)22-6-1-2-9-25-22)32-21-5-3-4-18-16-30(17-20(18)21)26-19-7-10-24-11-8-19/h1-11H,12-17H2,(H,24,26)(H,27,31). The molecule has 0 atom stereocenters. The Morgan fingerprint density at radius 2 is 1.72 bits per heavy atom. The second-order valence-corrected chi connectivity index (χ2v) is 7.76. The highest BCUT2D eigenvalue weighted by atomic mass is 16.6. The van der Waals surface area contributed by atoms with E-state index in [1.165, 1.54) is 0 Å². The molecule has 0 spiro atoms. The quantitative estimate of drug-likeness (QED) is 0.638. The summed E-state index contributed by atoms with van der Waals surface area (Å²) in [6, 6.07) is 15.5. The van der Waals surface area contributed by atoms with Gasteiger partial charge in [0.1, 0.15) is 11.6 Å². The van der Waals surface area contributed by atoms with Gasteiger partial charge in [-0.2, -0.15) is 0 Å². The van der Waals surface area contributed by atoms with E-state index in [9.17, 15) is 4.79 Å². The second-order valence-electron chi connectivity index (χ2n) is 7.76. The van der Waals surface area contributed by atoms with E-state index in [1.807, 2.05) is 47.5 Å². The molecule has 4 heterocycles. The van der Waals surface area contributed by atoms with Crippen molar-refractivity contribution in [1.82, 2.24) is 25.4 Å². The molecule has 2 aliphatic rings. The van der Waals surface area contributed by atoms with E-state index in [4.69, 9.17) is 4.74 Å². The summed E-state index contributed by atoms with van der Waals surface area (Å²) in [6.07, 6.45) is 4.83. The van der Waals surface area contributed by atoms with E-state index in [1.54, 1.807) is 18.6 Å². The average Bonchev–Trinajstić information content (AvgIpc) is 3.24. The van der Waals surface area contributed by atoms with Gasteiger partial charge >= 0.3 is 6.09 Å². The minimum atomic E-state index is -0.467. The molecule has 0 saturated carbocycles. The monoisotopic (exact) mass is 431 g/mol. The summed E-state index contributed by atoms with van der Waals surface area (Å²) in [5.74, 6) is 1.55. The highest BCUT2D eigenvalue weighted by Gasteiger charge is 2.25. The fraction of sp³-hybridized carbons (Fsp3) is 0.261. The zero-order valence-corrected chi connectivity index (χ0v) is 17.6. The van der Waals surface area contributed by atoms with Crippen LogP contribution in [0.1, 0.15) is 11.1 Å². The molecule has 0 bridgehead atoms. The van der Waals surface area contributed by atoms with Gasteiger partial charge < -0.3 is 15.1 Å². The molecule has 1 amide bonds. The molecule has 0 unspecified atom stereocenters. The van der Waals surface area contributed by atoms with Crippen molar-refractivity contribution in [3.05, 3.63) is 78.2 Å². The maximum atomic E-state index is 12.6. The Hall–Kier alpha value is -3.69. The van der Waals surface area contributed by atoms with Gasteiger partial charge in [-0.1, -0.05) is 18.2 Å². The number of carbonyl (C=O) groups is 1. The lowest BCUT2D eigenvalue weighted by molar-refractivity contribution is 0.139. The van der Waals surface area contributed by atoms with Crippen LogP contribution in [0.15, 0.2) is 67.1 Å². The van der Waals surface area contributed by atoms with Crippen molar-refractivity contribution < 1.29 is 9.53 Å². The van der Waals surface area contributed by atoms with Gasteiger partial charge in [0.05, 0.1) is 5.69 Å². The first-order valence-corrected chi connectivity index (χ1v) is 10.7. The van der Waals surface area contributed by atoms with Crippen molar-refractivity contribution in [1.29, 1.82) is 0 Å². The number of aromatic nitrogens is 2. The summed E-state index contributed by atoms with van der Waals surface area (Å²) in [7, 11) is 0. The molecular formula is C23H25N7O2. The number of carbonyl (C=O) groups excluding carboxylic acids is 1. The van der Waals surface area contributed by atoms with Crippen LogP contribution < -0.4 is 20.5 Å². The predicted octanol–water partition coefficient (Wildman–Crippen LogP) is 2.64. The molecular weight excluding hydrogens is 406 g/mol. The van der Waals surface area contributed by atoms with E-state index in [0.29, 0.717) is 25.4 Å². The van der Waals surface area contributed by atoms with E-state index in [0.717, 1.165) is 42.3 Å². The van der Waals surface area contributed by atoms with Crippen molar-refractivity contribution in [2.24, 2.45) is 0 Å². The Kier molecular flexibility index (Phi) is 5.82. The Labute approximate surface area is 186 Å². The zero-order valence-electron chi connectivity index (χ0n) is 17.6. The van der Waals surface area contributed by atoms with Gasteiger partial charge in [0.25, 0.3) is 0 Å². The average molecular weight is 432 g/mol. The van der Waals surface area contributed by atoms with Crippen LogP contribution >= 0.6 is 0 Å². The Bertz CT molecular complexity index is 1060. The third-order valence-corrected chi connectivity index (χ3v) is 5.61. The van der Waals surface area contributed by atoms with E-state index < -0.39 is 6.09 Å². The normalized spacial score (nSPS) is 16.4. The minimum Gasteiger partial charge on any atom is -0.409 e. The number of amides is 1. The number of nitrogens with zero attached hydrogens (tertiary/aromatic N) is 5. The van der Waals surface area contributed by atoms with E-state index in [2.05, 4.69) is 36.8 Å². The first-order valence-electron chi connectivity index (χ1n) is 10.7. The maximum absolute atomic E-state index is 12.6. The molecule has 32 heavy (non-hydrogen) atoms. The van der Waals surface area contributed by atoms with Crippen LogP contribution in [0.5, 0.6) is 5.75 Å². The number of ether oxygens (including phenoxy) is 1. The molecule has 1 fully saturated rings. The van der Waals surface area contributed by atoms with Gasteiger partial charge in [0.15, 0.2) is 0 Å². The minimum absolute atomic E-state index is 0.467. The fourth-order valence-electron chi connectivity index (χ4n) is 4.01. The van der Waals surface area contributed by atoms with Gasteiger partial charge in [0, 0.05) is 63.4 Å². The van der Waals surface area contributed by atoms with Crippen LogP contribution in [0.4, 0.5) is 16.3 Å². The van der Waals surface area contributed by atoms with Crippen molar-refractivity contribution in [2.45, 2.75) is 13.1 Å². The number of fused-ring (bicyclic) bond motifs is 1. The van der Waals surface area contributed by atoms with E-state index >= 15 is 0 Å². The number of benzene rings is 1. The van der Waals surface area contributed by atoms with Crippen LogP contribution in [-0.4, -0.2) is 52.3 Å². The Morgan fingerprint density at radius 3 is 2.50 bits per heavy atom. The van der Waals surface area contributed by atoms with Crippen molar-refractivity contribution in [2.75, 3.05) is 36.5 Å². The Morgan fingerprint density at radius 1 is 0.875 bits per heavy atom. The topological polar surface area (TPSA) is 85.9 Å². The number of piperazine rings is 1. The molecule has 0 radical (unpaired) electrons. The van der Waals surface area contributed by atoms with Crippen LogP contribution in [0.2, 0.25) is 0 Å². The molecule has 5 rings (SSSR count). The lowest BCUT2D eigenvalue weighted by Gasteiger charge is -2.34. The number of pyridine rings is 2. The second kappa shape index (κ2) is 9.21. The van der Waals surface area contributed by atoms with Crippen molar-refractivity contribution >= 4 is 17.6 Å². The molecule has 2 N–H and O–H groups in total. The third kappa shape index (κ3) is 4.63. The summed E-state index contributed by atoms with van der Waals surface area (Å²) < 4.78 is 5.69. The summed E-state index contributed by atoms with van der Waals surface area (Å²) in [5, 5.41) is 3.98. The molecule has 1 aromatic carbocycles. The van der Waals surface area contributed by atoms with Crippen LogP contribution in [0.25, 0.3) is 0 Å². The van der Waals surface area contributed by atoms with Crippen LogP contribution in [0.3, 0.4) is 0 Å². The molecule has 9 nitrogen and oxygen atoms in total. The van der Waals surface area contributed by atoms with E-state index in [-0.39, 0.29) is 0 Å². The molecule has 2 aliphatic heterocycles. The maximum Gasteiger partial charge on any atom is 0.427 e. The number of anilines is 2. The largest absolute Gasteiger partial charge is 0.427 e. The number of rotatable bonds is 5. The van der Waals surface area contributed by atoms with Gasteiger partial charge in [0.2, 0.25) is 0 Å². The van der Waals surface area contributed by atoms with Crippen molar-refractivity contribution in [3.8, 4) is 5.75 Å². The molecule has 0 aliphatic carbocycles. The number of hydrazine groups is 2. The van der Waals surface area contributed by atoms with Gasteiger partial charge in [-0.15, -0.1) is 0 Å². The fourth-order valence-corrected chi connectivity index (χ4v) is 4.01. The highest BCUT2D eigenvalue weighted by molar-refractivity contribution is 5.70. The SMILES string of the molecule is O=C(NN1CCN(c2ccccn2)CC1)Oc1cccc2c1CN(Nc1ccncc1)C2.